The quantitative estimate of drug-likeness (QED) is 0.812. The summed E-state index contributed by atoms with van der Waals surface area (Å²) in [5.41, 5.74) is 0. The molecule has 20 heavy (non-hydrogen) atoms. The second kappa shape index (κ2) is 8.63. The van der Waals surface area contributed by atoms with Crippen LogP contribution in [0.2, 0.25) is 0 Å². The SMILES string of the molecule is CCCN(C[C@H]1CCCCO1)C(=O)CC1CCNCC1. The zero-order valence-corrected chi connectivity index (χ0v) is 12.9. The lowest BCUT2D eigenvalue weighted by atomic mass is 9.94. The molecule has 2 fully saturated rings. The molecule has 4 heteroatoms. The van der Waals surface area contributed by atoms with Gasteiger partial charge in [0.2, 0.25) is 5.91 Å². The highest BCUT2D eigenvalue weighted by atomic mass is 16.5. The van der Waals surface area contributed by atoms with Crippen LogP contribution in [0, 0.1) is 5.92 Å². The molecule has 0 spiro atoms. The van der Waals surface area contributed by atoms with Crippen molar-refractivity contribution in [2.24, 2.45) is 5.92 Å². The Morgan fingerprint density at radius 2 is 2.05 bits per heavy atom. The molecule has 1 N–H and O–H groups in total. The summed E-state index contributed by atoms with van der Waals surface area (Å²) < 4.78 is 5.79. The van der Waals surface area contributed by atoms with Crippen molar-refractivity contribution in [2.45, 2.75) is 58.0 Å². The maximum absolute atomic E-state index is 12.5. The van der Waals surface area contributed by atoms with E-state index in [1.54, 1.807) is 0 Å². The number of rotatable bonds is 6. The first-order chi connectivity index (χ1) is 9.79. The van der Waals surface area contributed by atoms with Gasteiger partial charge in [0.05, 0.1) is 6.10 Å². The molecule has 2 saturated heterocycles. The molecule has 0 radical (unpaired) electrons. The molecule has 0 aliphatic carbocycles. The maximum Gasteiger partial charge on any atom is 0.222 e. The lowest BCUT2D eigenvalue weighted by Crippen LogP contribution is -2.41. The number of hydrogen-bond acceptors (Lipinski definition) is 3. The lowest BCUT2D eigenvalue weighted by molar-refractivity contribution is -0.135. The summed E-state index contributed by atoms with van der Waals surface area (Å²) in [4.78, 5) is 14.6. The molecule has 0 aromatic heterocycles. The second-order valence-electron chi connectivity index (χ2n) is 6.23. The topological polar surface area (TPSA) is 41.6 Å². The summed E-state index contributed by atoms with van der Waals surface area (Å²) >= 11 is 0. The highest BCUT2D eigenvalue weighted by molar-refractivity contribution is 5.76. The van der Waals surface area contributed by atoms with Gasteiger partial charge in [0.15, 0.2) is 0 Å². The Kier molecular flexibility index (Phi) is 6.80. The van der Waals surface area contributed by atoms with Crippen LogP contribution in [-0.2, 0) is 9.53 Å². The van der Waals surface area contributed by atoms with Crippen LogP contribution < -0.4 is 5.32 Å². The Balaban J connectivity index is 1.80. The summed E-state index contributed by atoms with van der Waals surface area (Å²) in [6.07, 6.45) is 7.85. The van der Waals surface area contributed by atoms with Crippen LogP contribution in [-0.4, -0.2) is 49.7 Å². The van der Waals surface area contributed by atoms with Crippen molar-refractivity contribution in [2.75, 3.05) is 32.8 Å². The van der Waals surface area contributed by atoms with Crippen molar-refractivity contribution in [1.29, 1.82) is 0 Å². The summed E-state index contributed by atoms with van der Waals surface area (Å²) in [6, 6.07) is 0. The van der Waals surface area contributed by atoms with Crippen molar-refractivity contribution in [3.8, 4) is 0 Å². The van der Waals surface area contributed by atoms with E-state index in [1.807, 2.05) is 0 Å². The average molecular weight is 282 g/mol. The van der Waals surface area contributed by atoms with Gasteiger partial charge in [0, 0.05) is 26.1 Å². The number of piperidine rings is 1. The van der Waals surface area contributed by atoms with Crippen LogP contribution in [0.15, 0.2) is 0 Å². The number of ether oxygens (including phenoxy) is 1. The Hall–Kier alpha value is -0.610. The van der Waals surface area contributed by atoms with Gasteiger partial charge in [-0.15, -0.1) is 0 Å². The molecule has 2 aliphatic rings. The van der Waals surface area contributed by atoms with Gasteiger partial charge in [-0.05, 0) is 57.5 Å². The molecular weight excluding hydrogens is 252 g/mol. The first-order valence-corrected chi connectivity index (χ1v) is 8.39. The number of nitrogens with one attached hydrogen (secondary N) is 1. The minimum atomic E-state index is 0.271. The van der Waals surface area contributed by atoms with Gasteiger partial charge in [-0.25, -0.2) is 0 Å². The number of carbonyl (C=O) groups excluding carboxylic acids is 1. The Bertz CT molecular complexity index is 284. The second-order valence-corrected chi connectivity index (χ2v) is 6.23. The van der Waals surface area contributed by atoms with Crippen LogP contribution in [0.4, 0.5) is 0 Å². The predicted molar refractivity (Wildman–Crippen MR) is 80.7 cm³/mol. The molecular formula is C16H30N2O2. The molecule has 0 aromatic carbocycles. The van der Waals surface area contributed by atoms with E-state index in [4.69, 9.17) is 4.74 Å². The fourth-order valence-corrected chi connectivity index (χ4v) is 3.25. The largest absolute Gasteiger partial charge is 0.376 e. The van der Waals surface area contributed by atoms with E-state index in [9.17, 15) is 4.79 Å². The zero-order chi connectivity index (χ0) is 14.2. The van der Waals surface area contributed by atoms with E-state index < -0.39 is 0 Å². The van der Waals surface area contributed by atoms with Gasteiger partial charge in [-0.2, -0.15) is 0 Å². The molecule has 116 valence electrons. The summed E-state index contributed by atoms with van der Waals surface area (Å²) in [5, 5.41) is 3.36. The normalized spacial score (nSPS) is 24.6. The maximum atomic E-state index is 12.5. The molecule has 1 atom stereocenters. The van der Waals surface area contributed by atoms with Crippen molar-refractivity contribution in [3.05, 3.63) is 0 Å². The fourth-order valence-electron chi connectivity index (χ4n) is 3.25. The molecule has 2 rings (SSSR count). The number of carbonyl (C=O) groups is 1. The third kappa shape index (κ3) is 5.06. The summed E-state index contributed by atoms with van der Waals surface area (Å²) in [5.74, 6) is 0.920. The molecule has 1 amide bonds. The third-order valence-electron chi connectivity index (χ3n) is 4.47. The van der Waals surface area contributed by atoms with Crippen LogP contribution in [0.25, 0.3) is 0 Å². The van der Waals surface area contributed by atoms with Crippen molar-refractivity contribution < 1.29 is 9.53 Å². The highest BCUT2D eigenvalue weighted by Gasteiger charge is 2.24. The lowest BCUT2D eigenvalue weighted by Gasteiger charge is -2.31. The van der Waals surface area contributed by atoms with Gasteiger partial charge in [0.1, 0.15) is 0 Å². The van der Waals surface area contributed by atoms with Crippen LogP contribution in [0.5, 0.6) is 0 Å². The van der Waals surface area contributed by atoms with Crippen LogP contribution >= 0.6 is 0 Å². The minimum absolute atomic E-state index is 0.271. The van der Waals surface area contributed by atoms with E-state index in [1.165, 1.54) is 12.8 Å². The zero-order valence-electron chi connectivity index (χ0n) is 12.9. The molecule has 0 aromatic rings. The highest BCUT2D eigenvalue weighted by Crippen LogP contribution is 2.19. The first-order valence-electron chi connectivity index (χ1n) is 8.39. The van der Waals surface area contributed by atoms with Gasteiger partial charge >= 0.3 is 0 Å². The predicted octanol–water partition coefficient (Wildman–Crippen LogP) is 2.18. The smallest absolute Gasteiger partial charge is 0.222 e. The molecule has 2 aliphatic heterocycles. The number of nitrogens with zero attached hydrogens (tertiary/aromatic N) is 1. The first kappa shape index (κ1) is 15.8. The standard InChI is InChI=1S/C16H30N2O2/c1-2-10-18(13-15-5-3-4-11-20-15)16(19)12-14-6-8-17-9-7-14/h14-15,17H,2-13H2,1H3/t15-/m1/s1. The number of hydrogen-bond donors (Lipinski definition) is 1. The Morgan fingerprint density at radius 3 is 2.70 bits per heavy atom. The van der Waals surface area contributed by atoms with Gasteiger partial charge in [-0.3, -0.25) is 4.79 Å². The molecule has 0 bridgehead atoms. The van der Waals surface area contributed by atoms with E-state index in [2.05, 4.69) is 17.1 Å². The van der Waals surface area contributed by atoms with E-state index in [0.29, 0.717) is 11.8 Å². The fraction of sp³-hybridized carbons (Fsp3) is 0.938. The Labute approximate surface area is 123 Å². The van der Waals surface area contributed by atoms with E-state index in [0.717, 1.165) is 64.9 Å². The molecule has 0 unspecified atom stereocenters. The minimum Gasteiger partial charge on any atom is -0.376 e. The number of amides is 1. The van der Waals surface area contributed by atoms with Crippen molar-refractivity contribution in [3.63, 3.8) is 0 Å². The third-order valence-corrected chi connectivity index (χ3v) is 4.47. The van der Waals surface area contributed by atoms with E-state index in [-0.39, 0.29) is 6.10 Å². The monoisotopic (exact) mass is 282 g/mol. The van der Waals surface area contributed by atoms with Crippen LogP contribution in [0.3, 0.4) is 0 Å². The van der Waals surface area contributed by atoms with E-state index >= 15 is 0 Å². The van der Waals surface area contributed by atoms with Gasteiger partial charge < -0.3 is 15.0 Å². The van der Waals surface area contributed by atoms with Crippen LogP contribution in [0.1, 0.15) is 51.9 Å². The molecule has 4 nitrogen and oxygen atoms in total. The average Bonchev–Trinajstić information content (AvgIpc) is 2.49. The summed E-state index contributed by atoms with van der Waals surface area (Å²) in [7, 11) is 0. The van der Waals surface area contributed by atoms with Gasteiger partial charge in [0.25, 0.3) is 0 Å². The molecule has 0 saturated carbocycles. The molecule has 2 heterocycles. The Morgan fingerprint density at radius 1 is 1.25 bits per heavy atom. The van der Waals surface area contributed by atoms with Crippen molar-refractivity contribution >= 4 is 5.91 Å². The van der Waals surface area contributed by atoms with Crippen molar-refractivity contribution in [1.82, 2.24) is 10.2 Å². The van der Waals surface area contributed by atoms with Gasteiger partial charge in [-0.1, -0.05) is 6.92 Å². The summed E-state index contributed by atoms with van der Waals surface area (Å²) in [6.45, 7) is 6.83.